The second-order valence-corrected chi connectivity index (χ2v) is 17.3. The third-order valence-electron chi connectivity index (χ3n) is 11.1. The van der Waals surface area contributed by atoms with Gasteiger partial charge < -0.3 is 33.5 Å². The number of para-hydroxylation sites is 1. The van der Waals surface area contributed by atoms with Crippen LogP contribution in [-0.4, -0.2) is 80.9 Å². The van der Waals surface area contributed by atoms with Crippen molar-refractivity contribution in [2.24, 2.45) is 16.9 Å². The maximum Gasteiger partial charge on any atom is 0.336 e. The zero-order valence-corrected chi connectivity index (χ0v) is 37.5. The molecule has 1 saturated carbocycles. The van der Waals surface area contributed by atoms with E-state index in [1.807, 2.05) is 24.3 Å². The molecule has 1 aliphatic heterocycles. The zero-order valence-electron chi connectivity index (χ0n) is 36.7. The highest BCUT2D eigenvalue weighted by Gasteiger charge is 2.26. The van der Waals surface area contributed by atoms with E-state index in [-0.39, 0.29) is 37.6 Å². The molecule has 0 radical (unpaired) electrons. The maximum atomic E-state index is 15.2. The van der Waals surface area contributed by atoms with Crippen LogP contribution in [0, 0.1) is 23.5 Å². The van der Waals surface area contributed by atoms with Gasteiger partial charge in [0.25, 0.3) is 6.48 Å². The predicted molar refractivity (Wildman–Crippen MR) is 244 cm³/mol. The summed E-state index contributed by atoms with van der Waals surface area (Å²) in [5, 5.41) is 16.8. The van der Waals surface area contributed by atoms with Crippen LogP contribution in [0.5, 0.6) is 11.5 Å². The second kappa shape index (κ2) is 24.9. The van der Waals surface area contributed by atoms with Gasteiger partial charge in [-0.3, -0.25) is 0 Å². The van der Waals surface area contributed by atoms with E-state index in [0.717, 1.165) is 74.1 Å². The number of aromatic nitrogens is 1. The van der Waals surface area contributed by atoms with Gasteiger partial charge in [-0.25, -0.2) is 28.4 Å². The first kappa shape index (κ1) is 48.4. The van der Waals surface area contributed by atoms with E-state index >= 15 is 8.78 Å². The number of rotatable bonds is 23. The smallest absolute Gasteiger partial charge is 0.336 e. The Bertz CT molecular complexity index is 2160. The van der Waals surface area contributed by atoms with Crippen LogP contribution in [0.1, 0.15) is 101 Å². The number of hydrogen-bond acceptors (Lipinski definition) is 13. The molecule has 0 spiro atoms. The van der Waals surface area contributed by atoms with Crippen molar-refractivity contribution in [2.75, 3.05) is 51.2 Å². The average Bonchev–Trinajstić information content (AvgIpc) is 3.74. The molecule has 0 bridgehead atoms. The molecule has 6 rings (SSSR count). The summed E-state index contributed by atoms with van der Waals surface area (Å²) in [6.45, 7) is 8.37. The number of unbranched alkanes of at least 4 members (excludes halogenated alkanes) is 3. The first-order chi connectivity index (χ1) is 31.1. The molecule has 1 N–H and O–H groups in total. The highest BCUT2D eigenvalue weighted by molar-refractivity contribution is 7.22. The number of anilines is 1. The van der Waals surface area contributed by atoms with Crippen molar-refractivity contribution in [3.05, 3.63) is 101 Å². The number of ether oxygens (including phenoxy) is 6. The first-order valence-electron chi connectivity index (χ1n) is 22.2. The number of esters is 2. The Balaban J connectivity index is 1.06. The van der Waals surface area contributed by atoms with Gasteiger partial charge in [-0.15, -0.1) is 0 Å². The number of aliphatic hydroxyl groups excluding tert-OH is 1. The van der Waals surface area contributed by atoms with Gasteiger partial charge in [0.1, 0.15) is 5.75 Å². The average molecular weight is 904 g/mol. The lowest BCUT2D eigenvalue weighted by atomic mass is 9.77. The number of hydrazone groups is 1. The number of aliphatic hydroxyl groups is 1. The van der Waals surface area contributed by atoms with Crippen LogP contribution < -0.4 is 14.5 Å². The van der Waals surface area contributed by atoms with E-state index < -0.39 is 29.8 Å². The van der Waals surface area contributed by atoms with E-state index in [2.05, 4.69) is 23.6 Å². The molecule has 15 heteroatoms. The fraction of sp³-hybridized carbons (Fsp3) is 0.469. The first-order valence-corrected chi connectivity index (χ1v) is 23.0. The van der Waals surface area contributed by atoms with Crippen LogP contribution >= 0.6 is 11.3 Å². The van der Waals surface area contributed by atoms with Crippen molar-refractivity contribution in [2.45, 2.75) is 90.4 Å². The molecule has 0 atom stereocenters. The molecule has 1 aliphatic carbocycles. The normalized spacial score (nSPS) is 19.0. The van der Waals surface area contributed by atoms with Gasteiger partial charge in [0, 0.05) is 23.1 Å². The van der Waals surface area contributed by atoms with Crippen LogP contribution in [0.25, 0.3) is 16.3 Å². The lowest BCUT2D eigenvalue weighted by Crippen LogP contribution is -2.36. The summed E-state index contributed by atoms with van der Waals surface area (Å²) >= 11 is 1.44. The molecule has 2 aliphatic rings. The minimum atomic E-state index is -0.940. The molecule has 0 unspecified atom stereocenters. The molecular formula is C49H59F2N3O9S. The highest BCUT2D eigenvalue weighted by Crippen LogP contribution is 2.39. The standard InChI is InChI=1S/C49H59F2N3O9S/c1-4-11-34-14-18-37(19-15-34)38-27-40(50)46(41(51)28-38)63-45(56)21-17-35-16-20-43(39(26-35)29-52-54(22-23-55)48-53-42-12-7-8-13-44(42)64-48)60-30-36-31-61-49(62-32-36)59-25-10-6-5-9-24-58-47(57)33(2)3/h7-8,12-13,16-17,20-21,26-29,34,36-37,49,55H,2,4-6,9-11,14-15,18-19,22-25,30-32H2,1,3H3/b21-17+,52-29+. The van der Waals surface area contributed by atoms with Crippen LogP contribution in [0.15, 0.2) is 77.9 Å². The fourth-order valence-corrected chi connectivity index (χ4v) is 8.61. The molecule has 344 valence electrons. The highest BCUT2D eigenvalue weighted by atomic mass is 32.1. The Labute approximate surface area is 377 Å². The summed E-state index contributed by atoms with van der Waals surface area (Å²) in [4.78, 5) is 29.1. The number of carbonyl (C=O) groups excluding carboxylic acids is 2. The lowest BCUT2D eigenvalue weighted by molar-refractivity contribution is -0.323. The SMILES string of the molecule is C=C(C)C(=O)OCCCCCCOC1OCC(COc2ccc(/C=C/C(=O)Oc3c(F)cc(C4CCC(CCC)CC4)cc3F)cc2/C=N/N(CCO)c2nc3ccccc3s2)CO1. The zero-order chi connectivity index (χ0) is 45.3. The van der Waals surface area contributed by atoms with Crippen molar-refractivity contribution < 1.29 is 51.9 Å². The summed E-state index contributed by atoms with van der Waals surface area (Å²) in [6.07, 6.45) is 13.7. The number of benzene rings is 3. The lowest BCUT2D eigenvalue weighted by Gasteiger charge is -2.29. The van der Waals surface area contributed by atoms with Crippen LogP contribution in [-0.2, 0) is 28.5 Å². The number of halogens is 2. The molecule has 2 fully saturated rings. The predicted octanol–water partition coefficient (Wildman–Crippen LogP) is 10.1. The summed E-state index contributed by atoms with van der Waals surface area (Å²) in [5.74, 6) is -2.75. The molecular weight excluding hydrogens is 845 g/mol. The summed E-state index contributed by atoms with van der Waals surface area (Å²) in [6, 6.07) is 15.5. The van der Waals surface area contributed by atoms with E-state index in [0.29, 0.717) is 65.5 Å². The van der Waals surface area contributed by atoms with Crippen molar-refractivity contribution >= 4 is 50.9 Å². The van der Waals surface area contributed by atoms with E-state index in [1.54, 1.807) is 36.3 Å². The van der Waals surface area contributed by atoms with Gasteiger partial charge >= 0.3 is 11.9 Å². The molecule has 1 saturated heterocycles. The van der Waals surface area contributed by atoms with Crippen molar-refractivity contribution in [1.29, 1.82) is 0 Å². The Morgan fingerprint density at radius 3 is 2.42 bits per heavy atom. The Hall–Kier alpha value is -5.06. The molecule has 1 aromatic heterocycles. The van der Waals surface area contributed by atoms with Crippen molar-refractivity contribution in [3.8, 4) is 11.5 Å². The van der Waals surface area contributed by atoms with Crippen LogP contribution in [0.3, 0.4) is 0 Å². The van der Waals surface area contributed by atoms with E-state index in [1.165, 1.54) is 36.0 Å². The number of nitrogens with zero attached hydrogens (tertiary/aromatic N) is 3. The van der Waals surface area contributed by atoms with Crippen LogP contribution in [0.2, 0.25) is 0 Å². The molecule has 12 nitrogen and oxygen atoms in total. The van der Waals surface area contributed by atoms with E-state index in [4.69, 9.17) is 28.4 Å². The van der Waals surface area contributed by atoms with Gasteiger partial charge in [-0.1, -0.05) is 62.3 Å². The molecule has 2 heterocycles. The molecule has 3 aromatic carbocycles. The van der Waals surface area contributed by atoms with Crippen molar-refractivity contribution in [1.82, 2.24) is 4.98 Å². The Kier molecular flexibility index (Phi) is 18.8. The maximum absolute atomic E-state index is 15.2. The van der Waals surface area contributed by atoms with Gasteiger partial charge in [0.15, 0.2) is 11.6 Å². The number of fused-ring (bicyclic) bond motifs is 1. The molecule has 4 aromatic rings. The minimum absolute atomic E-state index is 0.0752. The largest absolute Gasteiger partial charge is 0.492 e. The Morgan fingerprint density at radius 2 is 1.72 bits per heavy atom. The number of carbonyl (C=O) groups is 2. The van der Waals surface area contributed by atoms with Gasteiger partial charge in [0.05, 0.1) is 62.6 Å². The van der Waals surface area contributed by atoms with E-state index in [9.17, 15) is 14.7 Å². The second-order valence-electron chi connectivity index (χ2n) is 16.3. The quantitative estimate of drug-likeness (QED) is 0.0190. The molecule has 64 heavy (non-hydrogen) atoms. The molecule has 0 amide bonds. The number of hydrogen-bond donors (Lipinski definition) is 1. The summed E-state index contributed by atoms with van der Waals surface area (Å²) in [7, 11) is 0. The number of thiazole rings is 1. The topological polar surface area (TPSA) is 138 Å². The van der Waals surface area contributed by atoms with Crippen molar-refractivity contribution in [3.63, 3.8) is 0 Å². The fourth-order valence-electron chi connectivity index (χ4n) is 7.66. The Morgan fingerprint density at radius 1 is 0.984 bits per heavy atom. The van der Waals surface area contributed by atoms with Crippen LogP contribution in [0.4, 0.5) is 13.9 Å². The monoisotopic (exact) mass is 903 g/mol. The van der Waals surface area contributed by atoms with Gasteiger partial charge in [-0.2, -0.15) is 5.10 Å². The summed E-state index contributed by atoms with van der Waals surface area (Å²) in [5.41, 5.74) is 2.90. The van der Waals surface area contributed by atoms with Gasteiger partial charge in [-0.05, 0) is 117 Å². The van der Waals surface area contributed by atoms with Gasteiger partial charge in [0.2, 0.25) is 10.9 Å². The minimum Gasteiger partial charge on any atom is -0.492 e. The third kappa shape index (κ3) is 14.5. The third-order valence-corrected chi connectivity index (χ3v) is 12.2. The summed E-state index contributed by atoms with van der Waals surface area (Å²) < 4.78 is 65.3.